The minimum Gasteiger partial charge on any atom is -0.309 e. The second-order valence-corrected chi connectivity index (χ2v) is 5.11. The molecule has 1 atom stereocenters. The SMILES string of the molecule is CNC(c1cncc(F)c1)c1ccc(Cl)cc1Br. The van der Waals surface area contributed by atoms with Crippen LogP contribution in [0.25, 0.3) is 0 Å². The molecule has 0 fully saturated rings. The second-order valence-electron chi connectivity index (χ2n) is 3.82. The van der Waals surface area contributed by atoms with Crippen LogP contribution in [0.1, 0.15) is 17.2 Å². The zero-order valence-electron chi connectivity index (χ0n) is 9.62. The van der Waals surface area contributed by atoms with E-state index in [0.717, 1.165) is 15.6 Å². The molecule has 0 saturated carbocycles. The van der Waals surface area contributed by atoms with Crippen molar-refractivity contribution in [3.8, 4) is 0 Å². The fourth-order valence-corrected chi connectivity index (χ4v) is 2.74. The van der Waals surface area contributed by atoms with E-state index in [4.69, 9.17) is 11.6 Å². The van der Waals surface area contributed by atoms with E-state index in [0.29, 0.717) is 5.02 Å². The van der Waals surface area contributed by atoms with Gasteiger partial charge in [-0.3, -0.25) is 4.98 Å². The van der Waals surface area contributed by atoms with Crippen LogP contribution in [-0.4, -0.2) is 12.0 Å². The topological polar surface area (TPSA) is 24.9 Å². The molecule has 2 nitrogen and oxygen atoms in total. The molecule has 2 rings (SSSR count). The summed E-state index contributed by atoms with van der Waals surface area (Å²) >= 11 is 9.38. The third-order valence-electron chi connectivity index (χ3n) is 2.62. The maximum Gasteiger partial charge on any atom is 0.141 e. The van der Waals surface area contributed by atoms with Gasteiger partial charge < -0.3 is 5.32 Å². The molecule has 0 aliphatic carbocycles. The van der Waals surface area contributed by atoms with Gasteiger partial charge >= 0.3 is 0 Å². The molecule has 1 heterocycles. The van der Waals surface area contributed by atoms with Crippen LogP contribution in [0.2, 0.25) is 5.02 Å². The lowest BCUT2D eigenvalue weighted by molar-refractivity contribution is 0.608. The highest BCUT2D eigenvalue weighted by Gasteiger charge is 2.16. The first-order chi connectivity index (χ1) is 8.61. The molecule has 5 heteroatoms. The molecule has 0 amide bonds. The lowest BCUT2D eigenvalue weighted by Crippen LogP contribution is -2.18. The first kappa shape index (κ1) is 13.5. The normalized spacial score (nSPS) is 12.4. The summed E-state index contributed by atoms with van der Waals surface area (Å²) in [5.41, 5.74) is 1.75. The average Bonchev–Trinajstić information content (AvgIpc) is 2.33. The summed E-state index contributed by atoms with van der Waals surface area (Å²) in [6.45, 7) is 0. The Morgan fingerprint density at radius 1 is 1.33 bits per heavy atom. The second kappa shape index (κ2) is 5.78. The van der Waals surface area contributed by atoms with E-state index in [-0.39, 0.29) is 11.9 Å². The van der Waals surface area contributed by atoms with Crippen LogP contribution in [0.4, 0.5) is 4.39 Å². The smallest absolute Gasteiger partial charge is 0.141 e. The van der Waals surface area contributed by atoms with E-state index in [1.165, 1.54) is 12.3 Å². The molecule has 0 spiro atoms. The van der Waals surface area contributed by atoms with E-state index in [2.05, 4.69) is 26.2 Å². The van der Waals surface area contributed by atoms with E-state index in [9.17, 15) is 4.39 Å². The lowest BCUT2D eigenvalue weighted by Gasteiger charge is -2.18. The number of pyridine rings is 1. The average molecular weight is 330 g/mol. The zero-order valence-corrected chi connectivity index (χ0v) is 12.0. The maximum absolute atomic E-state index is 13.2. The number of hydrogen-bond acceptors (Lipinski definition) is 2. The van der Waals surface area contributed by atoms with Crippen molar-refractivity contribution in [3.05, 3.63) is 63.1 Å². The Kier molecular flexibility index (Phi) is 4.32. The van der Waals surface area contributed by atoms with Crippen LogP contribution in [0.5, 0.6) is 0 Å². The first-order valence-corrected chi connectivity index (χ1v) is 6.51. The summed E-state index contributed by atoms with van der Waals surface area (Å²) in [5, 5.41) is 3.79. The quantitative estimate of drug-likeness (QED) is 0.922. The van der Waals surface area contributed by atoms with Gasteiger partial charge in [0, 0.05) is 15.7 Å². The maximum atomic E-state index is 13.2. The molecule has 0 radical (unpaired) electrons. The number of halogens is 3. The highest BCUT2D eigenvalue weighted by molar-refractivity contribution is 9.10. The van der Waals surface area contributed by atoms with Crippen molar-refractivity contribution in [2.75, 3.05) is 7.05 Å². The molecular weight excluding hydrogens is 319 g/mol. The largest absolute Gasteiger partial charge is 0.309 e. The van der Waals surface area contributed by atoms with E-state index < -0.39 is 0 Å². The van der Waals surface area contributed by atoms with Gasteiger partial charge in [0.1, 0.15) is 5.82 Å². The van der Waals surface area contributed by atoms with Gasteiger partial charge in [0.25, 0.3) is 0 Å². The number of hydrogen-bond donors (Lipinski definition) is 1. The van der Waals surface area contributed by atoms with E-state index in [1.54, 1.807) is 12.3 Å². The Morgan fingerprint density at radius 2 is 2.11 bits per heavy atom. The summed E-state index contributed by atoms with van der Waals surface area (Å²) in [7, 11) is 1.82. The summed E-state index contributed by atoms with van der Waals surface area (Å²) < 4.78 is 14.1. The van der Waals surface area contributed by atoms with Crippen LogP contribution in [0, 0.1) is 5.82 Å². The zero-order chi connectivity index (χ0) is 13.1. The molecule has 1 N–H and O–H groups in total. The molecule has 1 aromatic heterocycles. The van der Waals surface area contributed by atoms with Gasteiger partial charge in [-0.05, 0) is 36.4 Å². The Balaban J connectivity index is 2.45. The van der Waals surface area contributed by atoms with Gasteiger partial charge in [-0.15, -0.1) is 0 Å². The standard InChI is InChI=1S/C13H11BrClFN2/c1-17-13(8-4-10(16)7-18-6-8)11-3-2-9(15)5-12(11)14/h2-7,13,17H,1H3. The minimum absolute atomic E-state index is 0.139. The summed E-state index contributed by atoms with van der Waals surface area (Å²) in [4.78, 5) is 3.87. The lowest BCUT2D eigenvalue weighted by atomic mass is 10.0. The molecule has 0 aliphatic heterocycles. The van der Waals surface area contributed by atoms with Crippen molar-refractivity contribution in [2.45, 2.75) is 6.04 Å². The minimum atomic E-state index is -0.349. The molecule has 1 unspecified atom stereocenters. The summed E-state index contributed by atoms with van der Waals surface area (Å²) in [5.74, 6) is -0.349. The predicted molar refractivity (Wildman–Crippen MR) is 74.2 cm³/mol. The van der Waals surface area contributed by atoms with Crippen LogP contribution >= 0.6 is 27.5 Å². The van der Waals surface area contributed by atoms with Gasteiger partial charge in [-0.25, -0.2) is 4.39 Å². The van der Waals surface area contributed by atoms with E-state index >= 15 is 0 Å². The Labute approximate surface area is 118 Å². The van der Waals surface area contributed by atoms with Crippen molar-refractivity contribution in [2.24, 2.45) is 0 Å². The van der Waals surface area contributed by atoms with Gasteiger partial charge in [-0.1, -0.05) is 33.6 Å². The highest BCUT2D eigenvalue weighted by Crippen LogP contribution is 2.30. The van der Waals surface area contributed by atoms with Crippen LogP contribution < -0.4 is 5.32 Å². The number of aromatic nitrogens is 1. The number of benzene rings is 1. The van der Waals surface area contributed by atoms with Crippen molar-refractivity contribution >= 4 is 27.5 Å². The Hall–Kier alpha value is -0.970. The number of nitrogens with one attached hydrogen (secondary N) is 1. The first-order valence-electron chi connectivity index (χ1n) is 5.34. The fourth-order valence-electron chi connectivity index (χ4n) is 1.82. The third kappa shape index (κ3) is 2.88. The third-order valence-corrected chi connectivity index (χ3v) is 3.54. The van der Waals surface area contributed by atoms with E-state index in [1.807, 2.05) is 19.2 Å². The molecule has 2 aromatic rings. The molecule has 94 valence electrons. The van der Waals surface area contributed by atoms with Crippen molar-refractivity contribution < 1.29 is 4.39 Å². The van der Waals surface area contributed by atoms with Crippen molar-refractivity contribution in [3.63, 3.8) is 0 Å². The Morgan fingerprint density at radius 3 is 2.72 bits per heavy atom. The van der Waals surface area contributed by atoms with Gasteiger partial charge in [0.2, 0.25) is 0 Å². The molecule has 18 heavy (non-hydrogen) atoms. The number of rotatable bonds is 3. The van der Waals surface area contributed by atoms with Crippen molar-refractivity contribution in [1.82, 2.24) is 10.3 Å². The van der Waals surface area contributed by atoms with Crippen LogP contribution in [0.15, 0.2) is 41.1 Å². The van der Waals surface area contributed by atoms with Crippen LogP contribution in [0.3, 0.4) is 0 Å². The number of nitrogens with zero attached hydrogens (tertiary/aromatic N) is 1. The fraction of sp³-hybridized carbons (Fsp3) is 0.154. The predicted octanol–water partition coefficient (Wildman–Crippen LogP) is 3.95. The summed E-state index contributed by atoms with van der Waals surface area (Å²) in [6.07, 6.45) is 2.83. The summed E-state index contributed by atoms with van der Waals surface area (Å²) in [6, 6.07) is 6.85. The van der Waals surface area contributed by atoms with Crippen molar-refractivity contribution in [1.29, 1.82) is 0 Å². The molecule has 1 aromatic carbocycles. The monoisotopic (exact) mass is 328 g/mol. The highest BCUT2D eigenvalue weighted by atomic mass is 79.9. The Bertz CT molecular complexity index is 562. The molecule has 0 saturated heterocycles. The van der Waals surface area contributed by atoms with Gasteiger partial charge in [0.15, 0.2) is 0 Å². The molecule has 0 bridgehead atoms. The van der Waals surface area contributed by atoms with Gasteiger partial charge in [0.05, 0.1) is 12.2 Å². The molecular formula is C13H11BrClFN2. The molecule has 0 aliphatic rings. The van der Waals surface area contributed by atoms with Gasteiger partial charge in [-0.2, -0.15) is 0 Å². The van der Waals surface area contributed by atoms with Crippen LogP contribution in [-0.2, 0) is 0 Å².